The van der Waals surface area contributed by atoms with Gasteiger partial charge >= 0.3 is 5.97 Å². The molecular weight excluding hydrogens is 264 g/mol. The van der Waals surface area contributed by atoms with Crippen LogP contribution in [-0.2, 0) is 9.53 Å². The predicted octanol–water partition coefficient (Wildman–Crippen LogP) is 1.67. The predicted molar refractivity (Wildman–Crippen MR) is 76.2 cm³/mol. The average molecular weight is 282 g/mol. The van der Waals surface area contributed by atoms with Crippen molar-refractivity contribution in [1.29, 1.82) is 0 Å². The lowest BCUT2D eigenvalue weighted by molar-refractivity contribution is -0.119. The number of hydrogen-bond donors (Lipinski definition) is 2. The Hall–Kier alpha value is -1.69. The molecule has 0 saturated heterocycles. The highest BCUT2D eigenvalue weighted by atomic mass is 32.2. The number of methoxy groups -OCH3 is 1. The molecule has 0 heterocycles. The summed E-state index contributed by atoms with van der Waals surface area (Å²) in [6.45, 7) is 3.78. The van der Waals surface area contributed by atoms with Gasteiger partial charge in [-0.3, -0.25) is 4.79 Å². The quantitative estimate of drug-likeness (QED) is 0.488. The number of thioether (sulfide) groups is 1. The van der Waals surface area contributed by atoms with Crippen LogP contribution in [-0.4, -0.2) is 30.8 Å². The number of carbonyl (C=O) groups is 2. The van der Waals surface area contributed by atoms with Crippen LogP contribution in [0.3, 0.4) is 0 Å². The van der Waals surface area contributed by atoms with Gasteiger partial charge in [-0.2, -0.15) is 0 Å². The molecule has 0 aliphatic heterocycles. The molecular formula is C13H18N2O3S. The second-order valence-electron chi connectivity index (χ2n) is 4.23. The monoisotopic (exact) mass is 282 g/mol. The van der Waals surface area contributed by atoms with E-state index < -0.39 is 5.97 Å². The second-order valence-corrected chi connectivity index (χ2v) is 5.21. The van der Waals surface area contributed by atoms with Crippen LogP contribution in [0.2, 0.25) is 0 Å². The molecule has 0 fully saturated rings. The van der Waals surface area contributed by atoms with Crippen LogP contribution in [0, 0.1) is 0 Å². The van der Waals surface area contributed by atoms with E-state index in [-0.39, 0.29) is 17.7 Å². The molecule has 0 radical (unpaired) electrons. The highest BCUT2D eigenvalue weighted by Gasteiger charge is 2.16. The fourth-order valence-electron chi connectivity index (χ4n) is 1.49. The normalized spacial score (nSPS) is 10.3. The van der Waals surface area contributed by atoms with Crippen molar-refractivity contribution in [3.63, 3.8) is 0 Å². The third-order valence-electron chi connectivity index (χ3n) is 2.25. The summed E-state index contributed by atoms with van der Waals surface area (Å²) in [6, 6.07) is 5.08. The maximum atomic E-state index is 11.6. The smallest absolute Gasteiger partial charge is 0.339 e. The van der Waals surface area contributed by atoms with E-state index in [0.29, 0.717) is 16.1 Å². The molecule has 0 aliphatic rings. The van der Waals surface area contributed by atoms with Gasteiger partial charge in [-0.25, -0.2) is 4.79 Å². The second kappa shape index (κ2) is 7.04. The van der Waals surface area contributed by atoms with Gasteiger partial charge in [0.05, 0.1) is 18.4 Å². The number of nitrogens with one attached hydrogen (secondary N) is 1. The first-order valence-electron chi connectivity index (χ1n) is 5.84. The zero-order valence-electron chi connectivity index (χ0n) is 11.2. The highest BCUT2D eigenvalue weighted by molar-refractivity contribution is 8.00. The van der Waals surface area contributed by atoms with Crippen molar-refractivity contribution < 1.29 is 14.3 Å². The molecule has 104 valence electrons. The number of carbonyl (C=O) groups excluding carboxylic acids is 2. The summed E-state index contributed by atoms with van der Waals surface area (Å²) >= 11 is 1.23. The number of anilines is 1. The van der Waals surface area contributed by atoms with Crippen molar-refractivity contribution in [2.24, 2.45) is 0 Å². The van der Waals surface area contributed by atoms with E-state index in [0.717, 1.165) is 0 Å². The Morgan fingerprint density at radius 2 is 2.11 bits per heavy atom. The zero-order valence-corrected chi connectivity index (χ0v) is 12.0. The van der Waals surface area contributed by atoms with Crippen molar-refractivity contribution in [3.8, 4) is 0 Å². The Morgan fingerprint density at radius 1 is 1.42 bits per heavy atom. The van der Waals surface area contributed by atoms with E-state index in [1.54, 1.807) is 18.2 Å². The van der Waals surface area contributed by atoms with E-state index >= 15 is 0 Å². The van der Waals surface area contributed by atoms with Crippen LogP contribution in [0.15, 0.2) is 23.1 Å². The van der Waals surface area contributed by atoms with Crippen molar-refractivity contribution in [2.45, 2.75) is 24.8 Å². The lowest BCUT2D eigenvalue weighted by atomic mass is 10.2. The molecule has 0 saturated carbocycles. The summed E-state index contributed by atoms with van der Waals surface area (Å²) in [5.74, 6) is -0.353. The molecule has 3 N–H and O–H groups in total. The molecule has 6 heteroatoms. The molecule has 1 amide bonds. The molecule has 0 atom stereocenters. The SMILES string of the molecule is COC(=O)c1cccc(N)c1SCC(=O)NC(C)C. The maximum Gasteiger partial charge on any atom is 0.339 e. The molecule has 1 rings (SSSR count). The number of ether oxygens (including phenoxy) is 1. The van der Waals surface area contributed by atoms with E-state index in [4.69, 9.17) is 10.5 Å². The van der Waals surface area contributed by atoms with Gasteiger partial charge in [0.25, 0.3) is 0 Å². The minimum Gasteiger partial charge on any atom is -0.465 e. The molecule has 0 spiro atoms. The number of rotatable bonds is 5. The minimum absolute atomic E-state index is 0.0845. The number of amides is 1. The Labute approximate surface area is 116 Å². The molecule has 1 aromatic carbocycles. The van der Waals surface area contributed by atoms with Gasteiger partial charge in [-0.05, 0) is 26.0 Å². The first-order chi connectivity index (χ1) is 8.95. The van der Waals surface area contributed by atoms with Crippen molar-refractivity contribution in [3.05, 3.63) is 23.8 Å². The van der Waals surface area contributed by atoms with Crippen LogP contribution >= 0.6 is 11.8 Å². The molecule has 19 heavy (non-hydrogen) atoms. The summed E-state index contributed by atoms with van der Waals surface area (Å²) in [5, 5.41) is 2.78. The Kier molecular flexibility index (Phi) is 5.69. The summed E-state index contributed by atoms with van der Waals surface area (Å²) in [6.07, 6.45) is 0. The summed E-state index contributed by atoms with van der Waals surface area (Å²) in [5.41, 5.74) is 6.68. The average Bonchev–Trinajstić information content (AvgIpc) is 2.35. The molecule has 5 nitrogen and oxygen atoms in total. The molecule has 0 aliphatic carbocycles. The highest BCUT2D eigenvalue weighted by Crippen LogP contribution is 2.29. The van der Waals surface area contributed by atoms with Crippen molar-refractivity contribution in [1.82, 2.24) is 5.32 Å². The van der Waals surface area contributed by atoms with E-state index in [9.17, 15) is 9.59 Å². The fourth-order valence-corrected chi connectivity index (χ4v) is 2.39. The van der Waals surface area contributed by atoms with Crippen LogP contribution in [0.4, 0.5) is 5.69 Å². The topological polar surface area (TPSA) is 81.4 Å². The third-order valence-corrected chi connectivity index (χ3v) is 3.40. The zero-order chi connectivity index (χ0) is 14.4. The summed E-state index contributed by atoms with van der Waals surface area (Å²) in [4.78, 5) is 23.8. The van der Waals surface area contributed by atoms with Crippen LogP contribution < -0.4 is 11.1 Å². The molecule has 1 aromatic rings. The van der Waals surface area contributed by atoms with E-state index in [1.165, 1.54) is 18.9 Å². The first-order valence-corrected chi connectivity index (χ1v) is 6.83. The van der Waals surface area contributed by atoms with Gasteiger partial charge in [-0.1, -0.05) is 6.07 Å². The van der Waals surface area contributed by atoms with E-state index in [1.807, 2.05) is 13.8 Å². The minimum atomic E-state index is -0.459. The largest absolute Gasteiger partial charge is 0.465 e. The first kappa shape index (κ1) is 15.4. The number of benzene rings is 1. The van der Waals surface area contributed by atoms with E-state index in [2.05, 4.69) is 5.32 Å². The number of esters is 1. The Bertz CT molecular complexity index is 475. The fraction of sp³-hybridized carbons (Fsp3) is 0.385. The molecule has 0 unspecified atom stereocenters. The number of nitrogens with two attached hydrogens (primary N) is 1. The van der Waals surface area contributed by atoms with Crippen LogP contribution in [0.25, 0.3) is 0 Å². The Morgan fingerprint density at radius 3 is 2.68 bits per heavy atom. The van der Waals surface area contributed by atoms with Gasteiger partial charge in [0.1, 0.15) is 0 Å². The molecule has 0 aromatic heterocycles. The lowest BCUT2D eigenvalue weighted by Crippen LogP contribution is -2.31. The maximum absolute atomic E-state index is 11.6. The van der Waals surface area contributed by atoms with Gasteiger partial charge in [0.2, 0.25) is 5.91 Å². The summed E-state index contributed by atoms with van der Waals surface area (Å²) < 4.78 is 4.69. The number of hydrogen-bond acceptors (Lipinski definition) is 5. The number of nitrogen functional groups attached to an aromatic ring is 1. The van der Waals surface area contributed by atoms with Crippen molar-refractivity contribution in [2.75, 3.05) is 18.6 Å². The van der Waals surface area contributed by atoms with Crippen molar-refractivity contribution >= 4 is 29.3 Å². The standard InChI is InChI=1S/C13H18N2O3S/c1-8(2)15-11(16)7-19-12-9(13(17)18-3)5-4-6-10(12)14/h4-6,8H,7,14H2,1-3H3,(H,15,16). The van der Waals surface area contributed by atoms with Gasteiger partial charge in [-0.15, -0.1) is 11.8 Å². The van der Waals surface area contributed by atoms with Crippen LogP contribution in [0.5, 0.6) is 0 Å². The van der Waals surface area contributed by atoms with Gasteiger partial charge < -0.3 is 15.8 Å². The Balaban J connectivity index is 2.82. The van der Waals surface area contributed by atoms with Crippen LogP contribution in [0.1, 0.15) is 24.2 Å². The molecule has 0 bridgehead atoms. The lowest BCUT2D eigenvalue weighted by Gasteiger charge is -2.11. The third kappa shape index (κ3) is 4.48. The summed E-state index contributed by atoms with van der Waals surface area (Å²) in [7, 11) is 1.31. The van der Waals surface area contributed by atoms with Gasteiger partial charge in [0, 0.05) is 16.6 Å². The van der Waals surface area contributed by atoms with Gasteiger partial charge in [0.15, 0.2) is 0 Å².